The summed E-state index contributed by atoms with van der Waals surface area (Å²) in [5, 5.41) is 7.18. The average Bonchev–Trinajstić information content (AvgIpc) is 3.33. The van der Waals surface area contributed by atoms with Crippen LogP contribution >= 0.6 is 0 Å². The second-order valence-corrected chi connectivity index (χ2v) is 7.66. The Morgan fingerprint density at radius 1 is 0.848 bits per heavy atom. The SMILES string of the molecule is O=C(COC(=O)CCc1cnn(-c2ccccc2)c1)Nc1ccccc1Cc1ccccc1. The lowest BCUT2D eigenvalue weighted by Crippen LogP contribution is -2.21. The molecule has 166 valence electrons. The fraction of sp³-hybridized carbons (Fsp3) is 0.148. The van der Waals surface area contributed by atoms with E-state index in [0.29, 0.717) is 12.8 Å². The Morgan fingerprint density at radius 3 is 2.33 bits per heavy atom. The lowest BCUT2D eigenvalue weighted by atomic mass is 10.0. The molecule has 0 aliphatic heterocycles. The van der Waals surface area contributed by atoms with Crippen molar-refractivity contribution in [3.63, 3.8) is 0 Å². The Morgan fingerprint density at radius 2 is 1.55 bits per heavy atom. The highest BCUT2D eigenvalue weighted by Crippen LogP contribution is 2.19. The molecule has 33 heavy (non-hydrogen) atoms. The fourth-order valence-electron chi connectivity index (χ4n) is 3.47. The first-order valence-electron chi connectivity index (χ1n) is 10.8. The molecule has 0 radical (unpaired) electrons. The van der Waals surface area contributed by atoms with Gasteiger partial charge in [-0.3, -0.25) is 9.59 Å². The van der Waals surface area contributed by atoms with Crippen molar-refractivity contribution in [2.24, 2.45) is 0 Å². The number of benzene rings is 3. The van der Waals surface area contributed by atoms with E-state index in [2.05, 4.69) is 10.4 Å². The Bertz CT molecular complexity index is 1200. The van der Waals surface area contributed by atoms with Gasteiger partial charge >= 0.3 is 5.97 Å². The summed E-state index contributed by atoms with van der Waals surface area (Å²) in [6, 6.07) is 27.4. The highest BCUT2D eigenvalue weighted by Gasteiger charge is 2.11. The van der Waals surface area contributed by atoms with Crippen LogP contribution in [-0.4, -0.2) is 28.3 Å². The minimum atomic E-state index is -0.421. The molecule has 4 rings (SSSR count). The smallest absolute Gasteiger partial charge is 0.306 e. The molecule has 0 bridgehead atoms. The number of aryl methyl sites for hydroxylation is 1. The van der Waals surface area contributed by atoms with Crippen LogP contribution in [0.2, 0.25) is 0 Å². The molecular weight excluding hydrogens is 414 g/mol. The predicted octanol–water partition coefficient (Wildman–Crippen LogP) is 4.58. The minimum Gasteiger partial charge on any atom is -0.456 e. The van der Waals surface area contributed by atoms with Crippen molar-refractivity contribution in [3.8, 4) is 5.69 Å². The fourth-order valence-corrected chi connectivity index (χ4v) is 3.47. The van der Waals surface area contributed by atoms with Crippen molar-refractivity contribution in [1.82, 2.24) is 9.78 Å². The van der Waals surface area contributed by atoms with Crippen molar-refractivity contribution in [3.05, 3.63) is 114 Å². The first kappa shape index (κ1) is 22.0. The normalized spacial score (nSPS) is 10.5. The van der Waals surface area contributed by atoms with E-state index < -0.39 is 5.97 Å². The Kier molecular flexibility index (Phi) is 7.28. The van der Waals surface area contributed by atoms with Gasteiger partial charge in [-0.2, -0.15) is 5.10 Å². The van der Waals surface area contributed by atoms with Gasteiger partial charge in [-0.1, -0.05) is 66.7 Å². The zero-order chi connectivity index (χ0) is 22.9. The molecule has 0 saturated heterocycles. The van der Waals surface area contributed by atoms with Gasteiger partial charge in [-0.15, -0.1) is 0 Å². The second kappa shape index (κ2) is 10.9. The number of rotatable bonds is 9. The number of anilines is 1. The highest BCUT2D eigenvalue weighted by atomic mass is 16.5. The lowest BCUT2D eigenvalue weighted by Gasteiger charge is -2.11. The molecule has 3 aromatic carbocycles. The van der Waals surface area contributed by atoms with Crippen molar-refractivity contribution >= 4 is 17.6 Å². The van der Waals surface area contributed by atoms with E-state index in [1.165, 1.54) is 0 Å². The van der Waals surface area contributed by atoms with Crippen LogP contribution in [0.4, 0.5) is 5.69 Å². The number of hydrogen-bond donors (Lipinski definition) is 1. The standard InChI is InChI=1S/C27H25N3O3/c31-26(29-25-14-8-7-11-23(25)17-21-9-3-1-4-10-21)20-33-27(32)16-15-22-18-28-30(19-22)24-12-5-2-6-13-24/h1-14,18-19H,15-17,20H2,(H,29,31). The number of carbonyl (C=O) groups is 2. The molecular formula is C27H25N3O3. The molecule has 0 aliphatic rings. The van der Waals surface area contributed by atoms with E-state index in [1.807, 2.05) is 91.1 Å². The molecule has 6 heteroatoms. The third kappa shape index (κ3) is 6.40. The first-order valence-corrected chi connectivity index (χ1v) is 10.8. The molecule has 0 atom stereocenters. The maximum absolute atomic E-state index is 12.4. The van der Waals surface area contributed by atoms with Crippen LogP contribution in [0.25, 0.3) is 5.69 Å². The van der Waals surface area contributed by atoms with Gasteiger partial charge in [0.1, 0.15) is 0 Å². The second-order valence-electron chi connectivity index (χ2n) is 7.66. The summed E-state index contributed by atoms with van der Waals surface area (Å²) in [6.45, 7) is -0.318. The Labute approximate surface area is 192 Å². The Balaban J connectivity index is 1.24. The first-order chi connectivity index (χ1) is 16.2. The maximum atomic E-state index is 12.4. The van der Waals surface area contributed by atoms with E-state index in [4.69, 9.17) is 4.74 Å². The minimum absolute atomic E-state index is 0.179. The summed E-state index contributed by atoms with van der Waals surface area (Å²) in [6.07, 6.45) is 4.99. The summed E-state index contributed by atoms with van der Waals surface area (Å²) in [4.78, 5) is 24.5. The van der Waals surface area contributed by atoms with Crippen LogP contribution in [0.3, 0.4) is 0 Å². The molecule has 0 saturated carbocycles. The van der Waals surface area contributed by atoms with Crippen molar-refractivity contribution < 1.29 is 14.3 Å². The van der Waals surface area contributed by atoms with Crippen LogP contribution in [-0.2, 0) is 27.2 Å². The van der Waals surface area contributed by atoms with Crippen molar-refractivity contribution in [2.45, 2.75) is 19.3 Å². The predicted molar refractivity (Wildman–Crippen MR) is 127 cm³/mol. The number of para-hydroxylation sites is 2. The Hall–Kier alpha value is -4.19. The molecule has 0 spiro atoms. The van der Waals surface area contributed by atoms with Crippen LogP contribution < -0.4 is 5.32 Å². The zero-order valence-electron chi connectivity index (χ0n) is 18.2. The molecule has 4 aromatic rings. The summed E-state index contributed by atoms with van der Waals surface area (Å²) in [7, 11) is 0. The van der Waals surface area contributed by atoms with E-state index in [1.54, 1.807) is 10.9 Å². The van der Waals surface area contributed by atoms with Gasteiger partial charge in [-0.25, -0.2) is 4.68 Å². The van der Waals surface area contributed by atoms with Gasteiger partial charge in [0.05, 0.1) is 11.9 Å². The van der Waals surface area contributed by atoms with Crippen LogP contribution in [0.15, 0.2) is 97.3 Å². The molecule has 0 unspecified atom stereocenters. The third-order valence-corrected chi connectivity index (χ3v) is 5.17. The van der Waals surface area contributed by atoms with Gasteiger partial charge in [0.15, 0.2) is 6.61 Å². The molecule has 0 aliphatic carbocycles. The van der Waals surface area contributed by atoms with Crippen LogP contribution in [0.5, 0.6) is 0 Å². The number of ether oxygens (including phenoxy) is 1. The topological polar surface area (TPSA) is 73.2 Å². The number of hydrogen-bond acceptors (Lipinski definition) is 4. The van der Waals surface area contributed by atoms with Crippen LogP contribution in [0.1, 0.15) is 23.1 Å². The van der Waals surface area contributed by atoms with Crippen molar-refractivity contribution in [1.29, 1.82) is 0 Å². The van der Waals surface area contributed by atoms with Crippen molar-refractivity contribution in [2.75, 3.05) is 11.9 Å². The molecule has 1 aromatic heterocycles. The highest BCUT2D eigenvalue weighted by molar-refractivity contribution is 5.93. The molecule has 1 heterocycles. The van der Waals surface area contributed by atoms with Gasteiger partial charge < -0.3 is 10.1 Å². The summed E-state index contributed by atoms with van der Waals surface area (Å²) in [5.74, 6) is -0.782. The molecule has 6 nitrogen and oxygen atoms in total. The number of amides is 1. The van der Waals surface area contributed by atoms with E-state index in [9.17, 15) is 9.59 Å². The summed E-state index contributed by atoms with van der Waals surface area (Å²) >= 11 is 0. The third-order valence-electron chi connectivity index (χ3n) is 5.17. The van der Waals surface area contributed by atoms with Gasteiger partial charge in [-0.05, 0) is 47.7 Å². The number of esters is 1. The summed E-state index contributed by atoms with van der Waals surface area (Å²) < 4.78 is 6.93. The summed E-state index contributed by atoms with van der Waals surface area (Å²) in [5.41, 5.74) is 4.75. The zero-order valence-corrected chi connectivity index (χ0v) is 18.2. The van der Waals surface area contributed by atoms with Gasteiger partial charge in [0.25, 0.3) is 5.91 Å². The lowest BCUT2D eigenvalue weighted by molar-refractivity contribution is -0.147. The van der Waals surface area contributed by atoms with Gasteiger partial charge in [0.2, 0.25) is 0 Å². The number of carbonyl (C=O) groups excluding carboxylic acids is 2. The maximum Gasteiger partial charge on any atom is 0.306 e. The number of nitrogens with one attached hydrogen (secondary N) is 1. The van der Waals surface area contributed by atoms with Crippen LogP contribution in [0, 0.1) is 0 Å². The number of nitrogens with zero attached hydrogens (tertiary/aromatic N) is 2. The largest absolute Gasteiger partial charge is 0.456 e. The van der Waals surface area contributed by atoms with E-state index >= 15 is 0 Å². The van der Waals surface area contributed by atoms with E-state index in [-0.39, 0.29) is 18.9 Å². The molecule has 1 amide bonds. The van der Waals surface area contributed by atoms with E-state index in [0.717, 1.165) is 28.1 Å². The average molecular weight is 440 g/mol. The molecule has 0 fully saturated rings. The van der Waals surface area contributed by atoms with Gasteiger partial charge in [0, 0.05) is 18.3 Å². The number of aromatic nitrogens is 2. The molecule has 1 N–H and O–H groups in total. The quantitative estimate of drug-likeness (QED) is 0.388. The monoisotopic (exact) mass is 439 g/mol.